The summed E-state index contributed by atoms with van der Waals surface area (Å²) in [5.41, 5.74) is 0.581. The first-order valence-electron chi connectivity index (χ1n) is 4.68. The third kappa shape index (κ3) is 2.40. The Kier molecular flexibility index (Phi) is 4.07. The Bertz CT molecular complexity index is 393. The molecule has 0 aliphatic carbocycles. The predicted molar refractivity (Wildman–Crippen MR) is 59.0 cm³/mol. The van der Waals surface area contributed by atoms with E-state index in [-0.39, 0.29) is 5.69 Å². The molecule has 0 amide bonds. The topological polar surface area (TPSA) is 73.6 Å². The largest absolute Gasteiger partial charge is 0.493 e. The van der Waals surface area contributed by atoms with Gasteiger partial charge in [-0.1, -0.05) is 0 Å². The highest BCUT2D eigenvalue weighted by atomic mass is 16.6. The molecule has 0 spiro atoms. The van der Waals surface area contributed by atoms with E-state index in [9.17, 15) is 10.1 Å². The molecule has 1 aromatic rings. The van der Waals surface area contributed by atoms with Crippen LogP contribution in [0.1, 0.15) is 5.56 Å². The zero-order valence-electron chi connectivity index (χ0n) is 9.44. The summed E-state index contributed by atoms with van der Waals surface area (Å²) in [6.07, 6.45) is 0. The fraction of sp³-hybridized carbons (Fsp3) is 0.400. The van der Waals surface area contributed by atoms with Crippen molar-refractivity contribution in [3.63, 3.8) is 0 Å². The van der Waals surface area contributed by atoms with Gasteiger partial charge in [0.15, 0.2) is 11.5 Å². The Morgan fingerprint density at radius 1 is 1.31 bits per heavy atom. The summed E-state index contributed by atoms with van der Waals surface area (Å²) in [5, 5.41) is 13.7. The molecule has 6 nitrogen and oxygen atoms in total. The molecule has 0 aromatic heterocycles. The molecule has 88 valence electrons. The highest BCUT2D eigenvalue weighted by Crippen LogP contribution is 2.34. The van der Waals surface area contributed by atoms with Gasteiger partial charge in [-0.3, -0.25) is 10.1 Å². The van der Waals surface area contributed by atoms with Crippen LogP contribution >= 0.6 is 0 Å². The number of nitro groups is 1. The molecule has 6 heteroatoms. The maximum Gasteiger partial charge on any atom is 0.277 e. The molecular formula is C10H14N2O4. The number of rotatable bonds is 5. The van der Waals surface area contributed by atoms with Gasteiger partial charge in [0.2, 0.25) is 0 Å². The Labute approximate surface area is 93.3 Å². The Morgan fingerprint density at radius 2 is 1.88 bits per heavy atom. The first kappa shape index (κ1) is 12.3. The quantitative estimate of drug-likeness (QED) is 0.605. The number of hydrogen-bond acceptors (Lipinski definition) is 5. The fourth-order valence-corrected chi connectivity index (χ4v) is 1.41. The van der Waals surface area contributed by atoms with Gasteiger partial charge in [0.25, 0.3) is 5.69 Å². The number of nitrogens with one attached hydrogen (secondary N) is 1. The van der Waals surface area contributed by atoms with Crippen molar-refractivity contribution in [2.45, 2.75) is 6.54 Å². The second kappa shape index (κ2) is 5.32. The third-order valence-electron chi connectivity index (χ3n) is 2.15. The standard InChI is InChI=1S/C10H14N2O4/c1-11-6-7-4-9(15-2)10(16-3)5-8(7)12(13)14/h4-5,11H,6H2,1-3H3. The first-order chi connectivity index (χ1) is 7.63. The van der Waals surface area contributed by atoms with Crippen LogP contribution in [-0.4, -0.2) is 26.2 Å². The molecule has 0 bridgehead atoms. The second-order valence-corrected chi connectivity index (χ2v) is 3.12. The SMILES string of the molecule is CNCc1cc(OC)c(OC)cc1[N+](=O)[O-]. The lowest BCUT2D eigenvalue weighted by molar-refractivity contribution is -0.385. The van der Waals surface area contributed by atoms with Gasteiger partial charge >= 0.3 is 0 Å². The molecule has 0 radical (unpaired) electrons. The lowest BCUT2D eigenvalue weighted by Crippen LogP contribution is -2.08. The van der Waals surface area contributed by atoms with Crippen LogP contribution < -0.4 is 14.8 Å². The number of hydrogen-bond donors (Lipinski definition) is 1. The molecule has 0 atom stereocenters. The highest BCUT2D eigenvalue weighted by Gasteiger charge is 2.18. The van der Waals surface area contributed by atoms with E-state index in [0.717, 1.165) is 0 Å². The van der Waals surface area contributed by atoms with Crippen molar-refractivity contribution >= 4 is 5.69 Å². The van der Waals surface area contributed by atoms with Gasteiger partial charge in [-0.15, -0.1) is 0 Å². The minimum atomic E-state index is -0.436. The van der Waals surface area contributed by atoms with Gasteiger partial charge in [-0.2, -0.15) is 0 Å². The minimum Gasteiger partial charge on any atom is -0.493 e. The maximum atomic E-state index is 10.8. The number of nitrogens with zero attached hydrogens (tertiary/aromatic N) is 1. The van der Waals surface area contributed by atoms with Crippen LogP contribution in [0.3, 0.4) is 0 Å². The smallest absolute Gasteiger partial charge is 0.277 e. The van der Waals surface area contributed by atoms with Crippen molar-refractivity contribution in [1.82, 2.24) is 5.32 Å². The van der Waals surface area contributed by atoms with E-state index in [4.69, 9.17) is 9.47 Å². The van der Waals surface area contributed by atoms with Gasteiger partial charge < -0.3 is 14.8 Å². The van der Waals surface area contributed by atoms with Crippen LogP contribution in [-0.2, 0) is 6.54 Å². The van der Waals surface area contributed by atoms with E-state index < -0.39 is 4.92 Å². The van der Waals surface area contributed by atoms with Crippen molar-refractivity contribution in [2.24, 2.45) is 0 Å². The van der Waals surface area contributed by atoms with E-state index in [0.29, 0.717) is 23.6 Å². The van der Waals surface area contributed by atoms with Gasteiger partial charge in [-0.05, 0) is 13.1 Å². The molecule has 0 aliphatic rings. The van der Waals surface area contributed by atoms with E-state index in [1.165, 1.54) is 20.3 Å². The van der Waals surface area contributed by atoms with Crippen LogP contribution in [0, 0.1) is 10.1 Å². The summed E-state index contributed by atoms with van der Waals surface area (Å²) in [4.78, 5) is 10.4. The van der Waals surface area contributed by atoms with E-state index in [1.54, 1.807) is 13.1 Å². The van der Waals surface area contributed by atoms with Crippen molar-refractivity contribution < 1.29 is 14.4 Å². The van der Waals surface area contributed by atoms with Crippen LogP contribution in [0.5, 0.6) is 11.5 Å². The molecule has 1 rings (SSSR count). The number of benzene rings is 1. The van der Waals surface area contributed by atoms with Crippen LogP contribution in [0.25, 0.3) is 0 Å². The Hall–Kier alpha value is -1.82. The van der Waals surface area contributed by atoms with Crippen molar-refractivity contribution in [1.29, 1.82) is 0 Å². The summed E-state index contributed by atoms with van der Waals surface area (Å²) in [5.74, 6) is 0.840. The van der Waals surface area contributed by atoms with E-state index in [1.807, 2.05) is 0 Å². The third-order valence-corrected chi connectivity index (χ3v) is 2.15. The van der Waals surface area contributed by atoms with Crippen LogP contribution in [0.15, 0.2) is 12.1 Å². The van der Waals surface area contributed by atoms with Gasteiger partial charge in [-0.25, -0.2) is 0 Å². The highest BCUT2D eigenvalue weighted by molar-refractivity contribution is 5.54. The van der Waals surface area contributed by atoms with Crippen LogP contribution in [0.4, 0.5) is 5.69 Å². The predicted octanol–water partition coefficient (Wildman–Crippen LogP) is 1.33. The molecule has 0 unspecified atom stereocenters. The molecule has 0 heterocycles. The lowest BCUT2D eigenvalue weighted by atomic mass is 10.1. The zero-order chi connectivity index (χ0) is 12.1. The number of ether oxygens (including phenoxy) is 2. The van der Waals surface area contributed by atoms with Gasteiger partial charge in [0.1, 0.15) is 0 Å². The van der Waals surface area contributed by atoms with Crippen LogP contribution in [0.2, 0.25) is 0 Å². The van der Waals surface area contributed by atoms with Crippen molar-refractivity contribution in [3.8, 4) is 11.5 Å². The monoisotopic (exact) mass is 226 g/mol. The molecular weight excluding hydrogens is 212 g/mol. The summed E-state index contributed by atoms with van der Waals surface area (Å²) < 4.78 is 10.1. The maximum absolute atomic E-state index is 10.8. The molecule has 0 saturated heterocycles. The van der Waals surface area contributed by atoms with Gasteiger partial charge in [0.05, 0.1) is 25.2 Å². The Balaban J connectivity index is 3.29. The molecule has 1 N–H and O–H groups in total. The van der Waals surface area contributed by atoms with E-state index >= 15 is 0 Å². The molecule has 0 aliphatic heterocycles. The zero-order valence-corrected chi connectivity index (χ0v) is 9.44. The van der Waals surface area contributed by atoms with Gasteiger partial charge in [0, 0.05) is 12.1 Å². The molecule has 16 heavy (non-hydrogen) atoms. The average Bonchev–Trinajstić information content (AvgIpc) is 2.28. The molecule has 0 saturated carbocycles. The fourth-order valence-electron chi connectivity index (χ4n) is 1.41. The second-order valence-electron chi connectivity index (χ2n) is 3.12. The molecule has 1 aromatic carbocycles. The minimum absolute atomic E-state index is 0.0204. The lowest BCUT2D eigenvalue weighted by Gasteiger charge is -2.10. The average molecular weight is 226 g/mol. The summed E-state index contributed by atoms with van der Waals surface area (Å²) in [6.45, 7) is 0.399. The number of methoxy groups -OCH3 is 2. The summed E-state index contributed by atoms with van der Waals surface area (Å²) in [7, 11) is 4.66. The summed E-state index contributed by atoms with van der Waals surface area (Å²) in [6, 6.07) is 2.97. The Morgan fingerprint density at radius 3 is 2.31 bits per heavy atom. The summed E-state index contributed by atoms with van der Waals surface area (Å²) >= 11 is 0. The number of nitro benzene ring substituents is 1. The van der Waals surface area contributed by atoms with Crippen molar-refractivity contribution in [2.75, 3.05) is 21.3 Å². The first-order valence-corrected chi connectivity index (χ1v) is 4.68. The van der Waals surface area contributed by atoms with Crippen molar-refractivity contribution in [3.05, 3.63) is 27.8 Å². The molecule has 0 fully saturated rings. The van der Waals surface area contributed by atoms with E-state index in [2.05, 4.69) is 5.32 Å². The normalized spacial score (nSPS) is 9.94.